The SMILES string of the molecule is N#Cc1ccc(SCC(=O)ON2C(=O)c3ccccc3C2=O)cc1. The lowest BCUT2D eigenvalue weighted by Crippen LogP contribution is -2.33. The van der Waals surface area contributed by atoms with Crippen molar-refractivity contribution in [2.24, 2.45) is 0 Å². The van der Waals surface area contributed by atoms with Crippen LogP contribution in [0.2, 0.25) is 0 Å². The Balaban J connectivity index is 1.60. The van der Waals surface area contributed by atoms with E-state index in [0.717, 1.165) is 4.90 Å². The van der Waals surface area contributed by atoms with Crippen molar-refractivity contribution in [1.82, 2.24) is 5.06 Å². The van der Waals surface area contributed by atoms with Crippen LogP contribution in [0, 0.1) is 11.3 Å². The third-order valence-corrected chi connectivity index (χ3v) is 4.28. The lowest BCUT2D eigenvalue weighted by Gasteiger charge is -2.12. The normalized spacial score (nSPS) is 12.7. The van der Waals surface area contributed by atoms with Gasteiger partial charge in [-0.1, -0.05) is 17.2 Å². The summed E-state index contributed by atoms with van der Waals surface area (Å²) in [6, 6.07) is 15.0. The molecule has 7 heteroatoms. The third kappa shape index (κ3) is 3.00. The molecule has 3 rings (SSSR count). The second-order valence-electron chi connectivity index (χ2n) is 4.84. The molecule has 118 valence electrons. The minimum atomic E-state index is -0.709. The van der Waals surface area contributed by atoms with E-state index in [-0.39, 0.29) is 16.9 Å². The van der Waals surface area contributed by atoms with Crippen molar-refractivity contribution >= 4 is 29.5 Å². The highest BCUT2D eigenvalue weighted by atomic mass is 32.2. The highest BCUT2D eigenvalue weighted by Crippen LogP contribution is 2.24. The molecule has 0 spiro atoms. The number of benzene rings is 2. The molecule has 1 heterocycles. The largest absolute Gasteiger partial charge is 0.343 e. The van der Waals surface area contributed by atoms with E-state index in [2.05, 4.69) is 0 Å². The molecule has 0 saturated carbocycles. The molecule has 1 aliphatic rings. The molecule has 2 aromatic rings. The van der Waals surface area contributed by atoms with Crippen LogP contribution in [0.1, 0.15) is 26.3 Å². The van der Waals surface area contributed by atoms with Crippen molar-refractivity contribution in [1.29, 1.82) is 5.26 Å². The van der Waals surface area contributed by atoms with Gasteiger partial charge in [0.25, 0.3) is 11.8 Å². The fourth-order valence-electron chi connectivity index (χ4n) is 2.15. The Hall–Kier alpha value is -3.11. The van der Waals surface area contributed by atoms with E-state index in [9.17, 15) is 14.4 Å². The number of imide groups is 1. The zero-order valence-corrected chi connectivity index (χ0v) is 13.1. The Morgan fingerprint density at radius 3 is 2.17 bits per heavy atom. The quantitative estimate of drug-likeness (QED) is 0.628. The van der Waals surface area contributed by atoms with Crippen LogP contribution in [0.25, 0.3) is 0 Å². The average molecular weight is 338 g/mol. The summed E-state index contributed by atoms with van der Waals surface area (Å²) >= 11 is 1.18. The predicted octanol–water partition coefficient (Wildman–Crippen LogP) is 2.40. The number of amides is 2. The van der Waals surface area contributed by atoms with Gasteiger partial charge in [0.2, 0.25) is 0 Å². The van der Waals surface area contributed by atoms with E-state index in [4.69, 9.17) is 10.1 Å². The molecule has 0 fully saturated rings. The van der Waals surface area contributed by atoms with Gasteiger partial charge in [0, 0.05) is 4.90 Å². The molecule has 0 aliphatic carbocycles. The number of carbonyl (C=O) groups is 3. The number of fused-ring (bicyclic) bond motifs is 1. The van der Waals surface area contributed by atoms with Crippen LogP contribution in [-0.4, -0.2) is 28.6 Å². The maximum Gasteiger partial charge on any atom is 0.343 e. The molecule has 0 saturated heterocycles. The summed E-state index contributed by atoms with van der Waals surface area (Å²) in [7, 11) is 0. The molecular weight excluding hydrogens is 328 g/mol. The van der Waals surface area contributed by atoms with Gasteiger partial charge in [-0.15, -0.1) is 11.8 Å². The maximum atomic E-state index is 12.1. The van der Waals surface area contributed by atoms with Crippen LogP contribution >= 0.6 is 11.8 Å². The zero-order chi connectivity index (χ0) is 17.1. The first-order chi connectivity index (χ1) is 11.6. The summed E-state index contributed by atoms with van der Waals surface area (Å²) in [6.07, 6.45) is 0. The Bertz CT molecular complexity index is 836. The molecule has 0 N–H and O–H groups in total. The summed E-state index contributed by atoms with van der Waals surface area (Å²) in [6.45, 7) is 0. The smallest absolute Gasteiger partial charge is 0.329 e. The van der Waals surface area contributed by atoms with Gasteiger partial charge in [-0.05, 0) is 36.4 Å². The van der Waals surface area contributed by atoms with Gasteiger partial charge in [-0.25, -0.2) is 4.79 Å². The van der Waals surface area contributed by atoms with Gasteiger partial charge >= 0.3 is 5.97 Å². The van der Waals surface area contributed by atoms with E-state index in [1.807, 2.05) is 6.07 Å². The molecule has 1 aliphatic heterocycles. The Morgan fingerprint density at radius 2 is 1.62 bits per heavy atom. The minimum absolute atomic E-state index is 0.0701. The van der Waals surface area contributed by atoms with Crippen molar-refractivity contribution in [3.63, 3.8) is 0 Å². The molecule has 6 nitrogen and oxygen atoms in total. The molecule has 0 aromatic heterocycles. The van der Waals surface area contributed by atoms with Gasteiger partial charge in [-0.2, -0.15) is 5.26 Å². The number of nitrogens with zero attached hydrogens (tertiary/aromatic N) is 2. The molecule has 0 atom stereocenters. The number of thioether (sulfide) groups is 1. The van der Waals surface area contributed by atoms with E-state index in [1.165, 1.54) is 23.9 Å². The third-order valence-electron chi connectivity index (χ3n) is 3.29. The van der Waals surface area contributed by atoms with Crippen molar-refractivity contribution in [2.75, 3.05) is 5.75 Å². The molecule has 2 aromatic carbocycles. The summed E-state index contributed by atoms with van der Waals surface area (Å²) in [5.41, 5.74) is 0.957. The minimum Gasteiger partial charge on any atom is -0.329 e. The van der Waals surface area contributed by atoms with Crippen LogP contribution in [-0.2, 0) is 9.63 Å². The topological polar surface area (TPSA) is 87.5 Å². The second-order valence-corrected chi connectivity index (χ2v) is 5.89. The average Bonchev–Trinajstić information content (AvgIpc) is 2.86. The Kier molecular flexibility index (Phi) is 4.31. The number of carbonyl (C=O) groups excluding carboxylic acids is 3. The van der Waals surface area contributed by atoms with Crippen LogP contribution in [0.5, 0.6) is 0 Å². The lowest BCUT2D eigenvalue weighted by atomic mass is 10.1. The molecule has 0 unspecified atom stereocenters. The van der Waals surface area contributed by atoms with Gasteiger partial charge in [-0.3, -0.25) is 9.59 Å². The molecule has 0 radical (unpaired) electrons. The lowest BCUT2D eigenvalue weighted by molar-refractivity contribution is -0.165. The highest BCUT2D eigenvalue weighted by Gasteiger charge is 2.38. The van der Waals surface area contributed by atoms with Crippen molar-refractivity contribution in [3.05, 3.63) is 65.2 Å². The number of nitriles is 1. The van der Waals surface area contributed by atoms with Crippen LogP contribution in [0.4, 0.5) is 0 Å². The van der Waals surface area contributed by atoms with E-state index < -0.39 is 17.8 Å². The van der Waals surface area contributed by atoms with Crippen LogP contribution in [0.3, 0.4) is 0 Å². The first-order valence-corrected chi connectivity index (χ1v) is 7.90. The molecule has 0 bridgehead atoms. The van der Waals surface area contributed by atoms with Crippen LogP contribution in [0.15, 0.2) is 53.4 Å². The van der Waals surface area contributed by atoms with E-state index in [0.29, 0.717) is 10.6 Å². The highest BCUT2D eigenvalue weighted by molar-refractivity contribution is 8.00. The van der Waals surface area contributed by atoms with Gasteiger partial charge in [0.05, 0.1) is 28.5 Å². The standard InChI is InChI=1S/C17H10N2O4S/c18-9-11-5-7-12(8-6-11)24-10-15(20)23-19-16(21)13-3-1-2-4-14(13)17(19)22/h1-8H,10H2. The van der Waals surface area contributed by atoms with Crippen LogP contribution < -0.4 is 0 Å². The summed E-state index contributed by atoms with van der Waals surface area (Å²) in [4.78, 5) is 41.7. The van der Waals surface area contributed by atoms with Crippen molar-refractivity contribution in [3.8, 4) is 6.07 Å². The maximum absolute atomic E-state index is 12.1. The molecular formula is C17H10N2O4S. The van der Waals surface area contributed by atoms with Crippen molar-refractivity contribution < 1.29 is 19.2 Å². The monoisotopic (exact) mass is 338 g/mol. The van der Waals surface area contributed by atoms with Gasteiger partial charge in [0.15, 0.2) is 0 Å². The summed E-state index contributed by atoms with van der Waals surface area (Å²) < 4.78 is 0. The fraction of sp³-hybridized carbons (Fsp3) is 0.0588. The Labute approximate surface area is 141 Å². The number of hydrogen-bond acceptors (Lipinski definition) is 6. The molecule has 24 heavy (non-hydrogen) atoms. The number of hydrogen-bond donors (Lipinski definition) is 0. The zero-order valence-electron chi connectivity index (χ0n) is 12.3. The van der Waals surface area contributed by atoms with Crippen molar-refractivity contribution in [2.45, 2.75) is 4.90 Å². The first-order valence-electron chi connectivity index (χ1n) is 6.91. The van der Waals surface area contributed by atoms with E-state index in [1.54, 1.807) is 36.4 Å². The van der Waals surface area contributed by atoms with Gasteiger partial charge in [0.1, 0.15) is 0 Å². The molecule has 2 amide bonds. The van der Waals surface area contributed by atoms with Gasteiger partial charge < -0.3 is 4.84 Å². The predicted molar refractivity (Wildman–Crippen MR) is 84.9 cm³/mol. The Morgan fingerprint density at radius 1 is 1.04 bits per heavy atom. The first kappa shape index (κ1) is 15.8. The fourth-order valence-corrected chi connectivity index (χ4v) is 2.81. The number of hydroxylamine groups is 2. The van der Waals surface area contributed by atoms with E-state index >= 15 is 0 Å². The number of rotatable bonds is 4. The summed E-state index contributed by atoms with van der Waals surface area (Å²) in [5.74, 6) is -2.07. The second kappa shape index (κ2) is 6.56. The summed E-state index contributed by atoms with van der Waals surface area (Å²) in [5, 5.41) is 9.22.